The zero-order valence-corrected chi connectivity index (χ0v) is 9.69. The quantitative estimate of drug-likeness (QED) is 0.435. The molecule has 0 unspecified atom stereocenters. The normalized spacial score (nSPS) is 10.3. The van der Waals surface area contributed by atoms with Crippen molar-refractivity contribution in [3.8, 4) is 0 Å². The summed E-state index contributed by atoms with van der Waals surface area (Å²) in [5.74, 6) is 0. The Labute approximate surface area is 95.8 Å². The van der Waals surface area contributed by atoms with Crippen LogP contribution in [0.4, 0.5) is 5.69 Å². The topological polar surface area (TPSA) is 59.8 Å². The molecule has 0 aliphatic heterocycles. The molecule has 2 N–H and O–H groups in total. The van der Waals surface area contributed by atoms with Gasteiger partial charge in [-0.2, -0.15) is 0 Å². The Bertz CT molecular complexity index is 322. The number of nitrogens with two attached hydrogens (primary N) is 1. The minimum Gasteiger partial charge on any atom is -0.343 e. The lowest BCUT2D eigenvalue weighted by atomic mass is 10.2. The van der Waals surface area contributed by atoms with Gasteiger partial charge >= 0.3 is 0 Å². The van der Waals surface area contributed by atoms with E-state index in [-0.39, 0.29) is 10.6 Å². The Balaban J connectivity index is 2.29. The molecule has 0 fully saturated rings. The van der Waals surface area contributed by atoms with Crippen LogP contribution in [0, 0.1) is 10.1 Å². The van der Waals surface area contributed by atoms with Gasteiger partial charge in [0.25, 0.3) is 5.69 Å². The van der Waals surface area contributed by atoms with E-state index >= 15 is 0 Å². The summed E-state index contributed by atoms with van der Waals surface area (Å²) in [6, 6.07) is 6.79. The van der Waals surface area contributed by atoms with Crippen molar-refractivity contribution >= 4 is 5.69 Å². The second-order valence-electron chi connectivity index (χ2n) is 3.91. The van der Waals surface area contributed by atoms with E-state index in [0.29, 0.717) is 0 Å². The third kappa shape index (κ3) is 4.40. The van der Waals surface area contributed by atoms with E-state index in [4.69, 9.17) is 0 Å². The van der Waals surface area contributed by atoms with Crippen LogP contribution in [-0.2, 0) is 6.54 Å². The zero-order valence-electron chi connectivity index (χ0n) is 9.69. The van der Waals surface area contributed by atoms with E-state index in [9.17, 15) is 10.1 Å². The molecule has 16 heavy (non-hydrogen) atoms. The minimum absolute atomic E-state index is 0.162. The molecule has 0 radical (unpaired) electrons. The SMILES string of the molecule is CCCCC[NH2+]Cc1ccc([N+](=O)[O-])cc1. The van der Waals surface area contributed by atoms with Crippen molar-refractivity contribution in [2.45, 2.75) is 32.7 Å². The van der Waals surface area contributed by atoms with E-state index in [1.807, 2.05) is 12.1 Å². The molecule has 1 aromatic carbocycles. The number of quaternary nitrogens is 1. The molecule has 0 heterocycles. The molecule has 0 aliphatic carbocycles. The van der Waals surface area contributed by atoms with Crippen LogP contribution in [0.15, 0.2) is 24.3 Å². The number of nitro groups is 1. The largest absolute Gasteiger partial charge is 0.343 e. The molecule has 4 nitrogen and oxygen atoms in total. The van der Waals surface area contributed by atoms with Crippen LogP contribution in [0.25, 0.3) is 0 Å². The monoisotopic (exact) mass is 223 g/mol. The van der Waals surface area contributed by atoms with Crippen molar-refractivity contribution in [2.24, 2.45) is 0 Å². The van der Waals surface area contributed by atoms with Crippen LogP contribution in [-0.4, -0.2) is 11.5 Å². The predicted molar refractivity (Wildman–Crippen MR) is 63.1 cm³/mol. The van der Waals surface area contributed by atoms with Crippen LogP contribution in [0.1, 0.15) is 31.7 Å². The Morgan fingerprint density at radius 1 is 1.25 bits per heavy atom. The lowest BCUT2D eigenvalue weighted by molar-refractivity contribution is -0.671. The first kappa shape index (κ1) is 12.6. The number of hydrogen-bond donors (Lipinski definition) is 1. The van der Waals surface area contributed by atoms with Gasteiger partial charge in [-0.3, -0.25) is 10.1 Å². The molecule has 0 aliphatic rings. The molecule has 0 aromatic heterocycles. The van der Waals surface area contributed by atoms with Crippen molar-refractivity contribution in [1.82, 2.24) is 0 Å². The summed E-state index contributed by atoms with van der Waals surface area (Å²) in [5.41, 5.74) is 1.30. The van der Waals surface area contributed by atoms with Crippen molar-refractivity contribution in [3.05, 3.63) is 39.9 Å². The maximum atomic E-state index is 10.4. The summed E-state index contributed by atoms with van der Waals surface area (Å²) in [7, 11) is 0. The number of non-ortho nitro benzene ring substituents is 1. The molecule has 0 bridgehead atoms. The summed E-state index contributed by atoms with van der Waals surface area (Å²) in [6.45, 7) is 4.23. The van der Waals surface area contributed by atoms with Gasteiger partial charge in [-0.25, -0.2) is 0 Å². The molecular weight excluding hydrogens is 204 g/mol. The van der Waals surface area contributed by atoms with Gasteiger partial charge in [-0.15, -0.1) is 0 Å². The molecule has 88 valence electrons. The average molecular weight is 223 g/mol. The van der Waals surface area contributed by atoms with Gasteiger partial charge in [0.05, 0.1) is 11.5 Å². The van der Waals surface area contributed by atoms with Gasteiger partial charge in [0.1, 0.15) is 6.54 Å². The van der Waals surface area contributed by atoms with Crippen LogP contribution in [0.5, 0.6) is 0 Å². The van der Waals surface area contributed by atoms with Crippen molar-refractivity contribution in [1.29, 1.82) is 0 Å². The molecular formula is C12H19N2O2+. The highest BCUT2D eigenvalue weighted by molar-refractivity contribution is 5.32. The van der Waals surface area contributed by atoms with E-state index in [2.05, 4.69) is 12.2 Å². The minimum atomic E-state index is -0.366. The van der Waals surface area contributed by atoms with E-state index in [0.717, 1.165) is 18.7 Å². The zero-order chi connectivity index (χ0) is 11.8. The number of nitro benzene ring substituents is 1. The second kappa shape index (κ2) is 6.95. The number of benzene rings is 1. The van der Waals surface area contributed by atoms with Crippen LogP contribution in [0.2, 0.25) is 0 Å². The molecule has 0 amide bonds. The lowest BCUT2D eigenvalue weighted by Gasteiger charge is -2.01. The Morgan fingerprint density at radius 2 is 1.94 bits per heavy atom. The highest BCUT2D eigenvalue weighted by atomic mass is 16.6. The van der Waals surface area contributed by atoms with E-state index < -0.39 is 0 Å². The van der Waals surface area contributed by atoms with Gasteiger partial charge in [-0.05, 0) is 25.0 Å². The summed E-state index contributed by atoms with van der Waals surface area (Å²) < 4.78 is 0. The second-order valence-corrected chi connectivity index (χ2v) is 3.91. The van der Waals surface area contributed by atoms with Crippen LogP contribution in [0.3, 0.4) is 0 Å². The van der Waals surface area contributed by atoms with Gasteiger partial charge < -0.3 is 5.32 Å². The Morgan fingerprint density at radius 3 is 2.50 bits per heavy atom. The standard InChI is InChI=1S/C12H18N2O2/c1-2-3-4-9-13-10-11-5-7-12(8-6-11)14(15)16/h5-8,13H,2-4,9-10H2,1H3/p+1. The van der Waals surface area contributed by atoms with E-state index in [1.54, 1.807) is 12.1 Å². The van der Waals surface area contributed by atoms with Gasteiger partial charge in [-0.1, -0.05) is 13.3 Å². The van der Waals surface area contributed by atoms with Gasteiger partial charge in [0.15, 0.2) is 0 Å². The molecule has 1 rings (SSSR count). The highest BCUT2D eigenvalue weighted by Gasteiger charge is 2.04. The van der Waals surface area contributed by atoms with Crippen molar-refractivity contribution in [2.75, 3.05) is 6.54 Å². The fourth-order valence-corrected chi connectivity index (χ4v) is 1.56. The van der Waals surface area contributed by atoms with Gasteiger partial charge in [0, 0.05) is 17.7 Å². The number of unbranched alkanes of at least 4 members (excludes halogenated alkanes) is 2. The molecule has 0 atom stereocenters. The van der Waals surface area contributed by atoms with Crippen LogP contribution >= 0.6 is 0 Å². The average Bonchev–Trinajstić information content (AvgIpc) is 2.29. The first-order valence-corrected chi connectivity index (χ1v) is 5.79. The first-order valence-electron chi connectivity index (χ1n) is 5.79. The number of nitrogens with zero attached hydrogens (tertiary/aromatic N) is 1. The Hall–Kier alpha value is -1.42. The molecule has 0 saturated carbocycles. The molecule has 4 heteroatoms. The summed E-state index contributed by atoms with van der Waals surface area (Å²) in [6.07, 6.45) is 3.76. The van der Waals surface area contributed by atoms with Crippen LogP contribution < -0.4 is 5.32 Å². The molecule has 0 spiro atoms. The maximum absolute atomic E-state index is 10.4. The first-order chi connectivity index (χ1) is 7.74. The number of hydrogen-bond acceptors (Lipinski definition) is 2. The molecule has 0 saturated heterocycles. The summed E-state index contributed by atoms with van der Waals surface area (Å²) in [5, 5.41) is 12.7. The summed E-state index contributed by atoms with van der Waals surface area (Å²) in [4.78, 5) is 10.1. The smallest absolute Gasteiger partial charge is 0.269 e. The predicted octanol–water partition coefficient (Wildman–Crippen LogP) is 1.85. The van der Waals surface area contributed by atoms with Crippen molar-refractivity contribution in [3.63, 3.8) is 0 Å². The molecule has 1 aromatic rings. The maximum Gasteiger partial charge on any atom is 0.269 e. The lowest BCUT2D eigenvalue weighted by Crippen LogP contribution is -2.82. The van der Waals surface area contributed by atoms with Gasteiger partial charge in [0.2, 0.25) is 0 Å². The van der Waals surface area contributed by atoms with Crippen molar-refractivity contribution < 1.29 is 10.2 Å². The Kier molecular flexibility index (Phi) is 5.50. The third-order valence-corrected chi connectivity index (χ3v) is 2.54. The fraction of sp³-hybridized carbons (Fsp3) is 0.500. The third-order valence-electron chi connectivity index (χ3n) is 2.54. The van der Waals surface area contributed by atoms with E-state index in [1.165, 1.54) is 19.3 Å². The highest BCUT2D eigenvalue weighted by Crippen LogP contribution is 2.10. The number of rotatable bonds is 7. The fourth-order valence-electron chi connectivity index (χ4n) is 1.56. The summed E-state index contributed by atoms with van der Waals surface area (Å²) >= 11 is 0.